The Kier molecular flexibility index (Phi) is 9.89. The van der Waals surface area contributed by atoms with E-state index in [2.05, 4.69) is 16.0 Å². The summed E-state index contributed by atoms with van der Waals surface area (Å²) in [5.74, 6) is 0.000565. The summed E-state index contributed by atoms with van der Waals surface area (Å²) < 4.78 is 28.6. The molecule has 256 valence electrons. The molecule has 0 saturated carbocycles. The lowest BCUT2D eigenvalue weighted by atomic mass is 9.98. The molecule has 2 N–H and O–H groups in total. The van der Waals surface area contributed by atoms with Crippen LogP contribution in [-0.4, -0.2) is 71.8 Å². The van der Waals surface area contributed by atoms with Gasteiger partial charge in [-0.15, -0.1) is 0 Å². The van der Waals surface area contributed by atoms with Crippen molar-refractivity contribution in [3.8, 4) is 28.8 Å². The number of likely N-dealkylation sites (tertiary alicyclic amines) is 1. The van der Waals surface area contributed by atoms with Crippen LogP contribution in [0.5, 0.6) is 11.5 Å². The molecule has 0 bridgehead atoms. The second-order valence-electron chi connectivity index (χ2n) is 13.4. The first kappa shape index (κ1) is 34.8. The predicted molar refractivity (Wildman–Crippen MR) is 183 cm³/mol. The quantitative estimate of drug-likeness (QED) is 0.156. The van der Waals surface area contributed by atoms with Crippen molar-refractivity contribution in [2.45, 2.75) is 78.1 Å². The Morgan fingerprint density at radius 1 is 1.12 bits per heavy atom. The maximum Gasteiger partial charge on any atom is 0.410 e. The molecule has 1 atom stereocenters. The molecule has 0 unspecified atom stereocenters. The SMILES string of the molecule is CCN(C(=O)OC(C)(C)C)C(C)(C)C=C(C#N)C(=O)N1CCC[C@H]1Cn1nc(-c2ccc(Oc3ccccc3)cc2F)c2c(N)ncnc21. The van der Waals surface area contributed by atoms with Gasteiger partial charge in [-0.1, -0.05) is 18.2 Å². The van der Waals surface area contributed by atoms with Crippen molar-refractivity contribution in [1.82, 2.24) is 29.5 Å². The molecule has 2 amide bonds. The molecule has 2 aromatic carbocycles. The van der Waals surface area contributed by atoms with E-state index in [0.29, 0.717) is 48.5 Å². The van der Waals surface area contributed by atoms with E-state index in [4.69, 9.17) is 20.3 Å². The minimum absolute atomic E-state index is 0.0867. The number of hydrogen-bond donors (Lipinski definition) is 1. The zero-order valence-corrected chi connectivity index (χ0v) is 28.6. The van der Waals surface area contributed by atoms with Gasteiger partial charge in [-0.2, -0.15) is 10.4 Å². The first-order valence-corrected chi connectivity index (χ1v) is 16.2. The second-order valence-corrected chi connectivity index (χ2v) is 13.4. The molecule has 5 rings (SSSR count). The Morgan fingerprint density at radius 3 is 2.51 bits per heavy atom. The van der Waals surface area contributed by atoms with Crippen molar-refractivity contribution in [1.29, 1.82) is 5.26 Å². The lowest BCUT2D eigenvalue weighted by Gasteiger charge is -2.37. The number of nitrogens with two attached hydrogens (primary N) is 1. The molecule has 0 aliphatic carbocycles. The van der Waals surface area contributed by atoms with Crippen LogP contribution in [-0.2, 0) is 16.1 Å². The fraction of sp³-hybridized carbons (Fsp3) is 0.389. The van der Waals surface area contributed by atoms with E-state index in [1.807, 2.05) is 25.1 Å². The minimum atomic E-state index is -1.000. The Balaban J connectivity index is 1.42. The molecule has 1 fully saturated rings. The van der Waals surface area contributed by atoms with Crippen LogP contribution < -0.4 is 10.5 Å². The van der Waals surface area contributed by atoms with Gasteiger partial charge in [-0.3, -0.25) is 9.69 Å². The number of hydrogen-bond acceptors (Lipinski definition) is 9. The number of nitrogens with zero attached hydrogens (tertiary/aromatic N) is 7. The van der Waals surface area contributed by atoms with E-state index in [-0.39, 0.29) is 35.2 Å². The molecule has 2 aromatic heterocycles. The molecule has 49 heavy (non-hydrogen) atoms. The zero-order valence-electron chi connectivity index (χ0n) is 28.6. The fourth-order valence-electron chi connectivity index (χ4n) is 6.03. The average molecular weight is 669 g/mol. The van der Waals surface area contributed by atoms with Gasteiger partial charge in [-0.05, 0) is 84.7 Å². The van der Waals surface area contributed by atoms with Crippen molar-refractivity contribution in [2.24, 2.45) is 0 Å². The number of likely N-dealkylation sites (N-methyl/N-ethyl adjacent to an activating group) is 1. The zero-order chi connectivity index (χ0) is 35.5. The van der Waals surface area contributed by atoms with E-state index in [0.717, 1.165) is 0 Å². The summed E-state index contributed by atoms with van der Waals surface area (Å²) in [6.45, 7) is 11.6. The number of nitriles is 1. The van der Waals surface area contributed by atoms with Crippen LogP contribution in [0.2, 0.25) is 0 Å². The number of ether oxygens (including phenoxy) is 2. The molecule has 4 aromatic rings. The van der Waals surface area contributed by atoms with E-state index < -0.39 is 29.0 Å². The van der Waals surface area contributed by atoms with Gasteiger partial charge in [0.15, 0.2) is 5.65 Å². The number of para-hydroxylation sites is 1. The third-order valence-electron chi connectivity index (χ3n) is 8.23. The number of rotatable bonds is 9. The summed E-state index contributed by atoms with van der Waals surface area (Å²) >= 11 is 0. The van der Waals surface area contributed by atoms with Crippen LogP contribution in [0.1, 0.15) is 54.4 Å². The molecule has 3 heterocycles. The van der Waals surface area contributed by atoms with Gasteiger partial charge in [0, 0.05) is 24.7 Å². The van der Waals surface area contributed by atoms with Crippen LogP contribution in [0.15, 0.2) is 66.5 Å². The Labute approximate surface area is 284 Å². The number of halogens is 1. The first-order chi connectivity index (χ1) is 23.2. The van der Waals surface area contributed by atoms with E-state index >= 15 is 4.39 Å². The number of nitrogen functional groups attached to an aromatic ring is 1. The highest BCUT2D eigenvalue weighted by molar-refractivity contribution is 5.99. The summed E-state index contributed by atoms with van der Waals surface area (Å²) in [5, 5.41) is 15.2. The number of fused-ring (bicyclic) bond motifs is 1. The molecule has 12 nitrogen and oxygen atoms in total. The topological polar surface area (TPSA) is 152 Å². The van der Waals surface area contributed by atoms with Crippen molar-refractivity contribution >= 4 is 28.9 Å². The average Bonchev–Trinajstić information content (AvgIpc) is 3.65. The molecule has 1 saturated heterocycles. The summed E-state index contributed by atoms with van der Waals surface area (Å²) in [6.07, 6.45) is 3.63. The molecular weight excluding hydrogens is 627 g/mol. The van der Waals surface area contributed by atoms with Crippen LogP contribution >= 0.6 is 0 Å². The minimum Gasteiger partial charge on any atom is -0.457 e. The number of benzene rings is 2. The van der Waals surface area contributed by atoms with E-state index in [1.165, 1.54) is 23.4 Å². The first-order valence-electron chi connectivity index (χ1n) is 16.2. The third kappa shape index (κ3) is 7.64. The van der Waals surface area contributed by atoms with Crippen molar-refractivity contribution in [3.63, 3.8) is 0 Å². The van der Waals surface area contributed by atoms with E-state index in [9.17, 15) is 14.9 Å². The molecule has 13 heteroatoms. The summed E-state index contributed by atoms with van der Waals surface area (Å²) in [7, 11) is 0. The van der Waals surface area contributed by atoms with Crippen LogP contribution in [0, 0.1) is 17.1 Å². The highest BCUT2D eigenvalue weighted by Gasteiger charge is 2.36. The van der Waals surface area contributed by atoms with Crippen molar-refractivity contribution in [3.05, 3.63) is 72.3 Å². The predicted octanol–water partition coefficient (Wildman–Crippen LogP) is 6.48. The maximum absolute atomic E-state index is 15.6. The van der Waals surface area contributed by atoms with Gasteiger partial charge in [0.2, 0.25) is 0 Å². The Bertz CT molecular complexity index is 1930. The molecule has 1 aliphatic heterocycles. The molecule has 0 spiro atoms. The number of carbonyl (C=O) groups is 2. The third-order valence-corrected chi connectivity index (χ3v) is 8.23. The van der Waals surface area contributed by atoms with Crippen LogP contribution in [0.25, 0.3) is 22.3 Å². The summed E-state index contributed by atoms with van der Waals surface area (Å²) in [6, 6.07) is 15.3. The van der Waals surface area contributed by atoms with Gasteiger partial charge in [0.25, 0.3) is 5.91 Å². The maximum atomic E-state index is 15.6. The van der Waals surface area contributed by atoms with Gasteiger partial charge >= 0.3 is 6.09 Å². The fourth-order valence-corrected chi connectivity index (χ4v) is 6.03. The lowest BCUT2D eigenvalue weighted by Crippen LogP contribution is -2.49. The highest BCUT2D eigenvalue weighted by atomic mass is 19.1. The van der Waals surface area contributed by atoms with Gasteiger partial charge < -0.3 is 20.1 Å². The molecular formula is C36H41FN8O4. The number of amides is 2. The number of aromatic nitrogens is 4. The van der Waals surface area contributed by atoms with Gasteiger partial charge in [-0.25, -0.2) is 23.8 Å². The van der Waals surface area contributed by atoms with Gasteiger partial charge in [0.05, 0.1) is 23.5 Å². The normalized spacial score (nSPS) is 15.3. The highest BCUT2D eigenvalue weighted by Crippen LogP contribution is 2.35. The summed E-state index contributed by atoms with van der Waals surface area (Å²) in [4.78, 5) is 38.5. The van der Waals surface area contributed by atoms with Crippen molar-refractivity contribution in [2.75, 3.05) is 18.8 Å². The smallest absolute Gasteiger partial charge is 0.410 e. The lowest BCUT2D eigenvalue weighted by molar-refractivity contribution is -0.127. The largest absolute Gasteiger partial charge is 0.457 e. The standard InChI is InChI=1S/C36H41FN8O4/c1-7-44(34(47)49-35(2,3)4)36(5,6)19-23(20-38)33(46)43-17-11-12-24(43)21-45-32-29(31(39)40-22-41-32)30(42-45)27-16-15-26(18-28(27)37)48-25-13-9-8-10-14-25/h8-10,13-16,18-19,22,24H,7,11-12,17,21H2,1-6H3,(H2,39,40,41)/t24-/m0/s1. The second kappa shape index (κ2) is 13.9. The Morgan fingerprint density at radius 2 is 1.86 bits per heavy atom. The van der Waals surface area contributed by atoms with E-state index in [1.54, 1.807) is 68.5 Å². The number of anilines is 1. The van der Waals surface area contributed by atoms with Crippen LogP contribution in [0.3, 0.4) is 0 Å². The van der Waals surface area contributed by atoms with Crippen molar-refractivity contribution < 1.29 is 23.5 Å². The molecule has 0 radical (unpaired) electrons. The molecule has 1 aliphatic rings. The summed E-state index contributed by atoms with van der Waals surface area (Å²) in [5.41, 5.74) is 5.32. The van der Waals surface area contributed by atoms with Gasteiger partial charge in [0.1, 0.15) is 52.4 Å². The number of carbonyl (C=O) groups excluding carboxylic acids is 2. The Hall–Kier alpha value is -5.51. The monoisotopic (exact) mass is 668 g/mol. The van der Waals surface area contributed by atoms with Crippen LogP contribution in [0.4, 0.5) is 15.0 Å².